The maximum atomic E-state index is 11.8. The molecule has 0 bridgehead atoms. The van der Waals surface area contributed by atoms with E-state index in [9.17, 15) is 4.79 Å². The second-order valence-electron chi connectivity index (χ2n) is 5.24. The minimum Gasteiger partial charge on any atom is -0.496 e. The molecule has 1 heterocycles. The molecule has 0 saturated carbocycles. The Bertz CT molecular complexity index is 471. The van der Waals surface area contributed by atoms with Crippen LogP contribution in [0.3, 0.4) is 0 Å². The van der Waals surface area contributed by atoms with Crippen LogP contribution in [-0.4, -0.2) is 45.9 Å². The molecule has 1 aromatic carbocycles. The van der Waals surface area contributed by atoms with Gasteiger partial charge in [0.05, 0.1) is 20.8 Å². The molecular formula is C16H25ClN2O4. The van der Waals surface area contributed by atoms with Gasteiger partial charge in [0.1, 0.15) is 23.9 Å². The third kappa shape index (κ3) is 6.54. The van der Waals surface area contributed by atoms with Crippen molar-refractivity contribution in [2.75, 3.05) is 33.9 Å². The quantitative estimate of drug-likeness (QED) is 0.703. The van der Waals surface area contributed by atoms with Crippen molar-refractivity contribution < 1.29 is 19.0 Å². The molecule has 6 nitrogen and oxygen atoms in total. The number of hydrogen-bond donors (Lipinski definition) is 2. The van der Waals surface area contributed by atoms with Crippen LogP contribution in [0.2, 0.25) is 0 Å². The molecule has 1 aliphatic rings. The van der Waals surface area contributed by atoms with Gasteiger partial charge in [-0.15, -0.1) is 12.4 Å². The molecule has 23 heavy (non-hydrogen) atoms. The van der Waals surface area contributed by atoms with E-state index in [1.54, 1.807) is 32.4 Å². The molecule has 130 valence electrons. The third-order valence-electron chi connectivity index (χ3n) is 3.61. The molecule has 1 unspecified atom stereocenters. The number of benzene rings is 1. The van der Waals surface area contributed by atoms with Gasteiger partial charge in [-0.25, -0.2) is 0 Å². The molecule has 1 amide bonds. The Kier molecular flexibility index (Phi) is 8.58. The number of methoxy groups -OCH3 is 2. The number of amides is 1. The van der Waals surface area contributed by atoms with E-state index in [2.05, 4.69) is 10.6 Å². The zero-order valence-corrected chi connectivity index (χ0v) is 14.4. The predicted octanol–water partition coefficient (Wildman–Crippen LogP) is 1.76. The highest BCUT2D eigenvalue weighted by molar-refractivity contribution is 5.85. The summed E-state index contributed by atoms with van der Waals surface area (Å²) in [5, 5.41) is 6.18. The van der Waals surface area contributed by atoms with E-state index in [0.717, 1.165) is 19.4 Å². The van der Waals surface area contributed by atoms with Crippen LogP contribution < -0.4 is 24.8 Å². The Labute approximate surface area is 143 Å². The molecule has 0 spiro atoms. The normalized spacial score (nSPS) is 16.3. The molecule has 2 N–H and O–H groups in total. The fourth-order valence-corrected chi connectivity index (χ4v) is 2.45. The molecule has 1 saturated heterocycles. The van der Waals surface area contributed by atoms with Crippen molar-refractivity contribution in [3.63, 3.8) is 0 Å². The maximum absolute atomic E-state index is 11.8. The van der Waals surface area contributed by atoms with Gasteiger partial charge in [-0.3, -0.25) is 4.79 Å². The maximum Gasteiger partial charge on any atom is 0.221 e. The first kappa shape index (κ1) is 19.4. The van der Waals surface area contributed by atoms with Gasteiger partial charge in [0.2, 0.25) is 5.91 Å². The minimum atomic E-state index is 0. The summed E-state index contributed by atoms with van der Waals surface area (Å²) in [5.41, 5.74) is 0. The first-order chi connectivity index (χ1) is 10.7. The Balaban J connectivity index is 0.00000264. The van der Waals surface area contributed by atoms with E-state index in [4.69, 9.17) is 14.2 Å². The van der Waals surface area contributed by atoms with Crippen LogP contribution in [0.1, 0.15) is 19.3 Å². The van der Waals surface area contributed by atoms with Gasteiger partial charge in [-0.1, -0.05) is 0 Å². The highest BCUT2D eigenvalue weighted by Gasteiger charge is 2.17. The zero-order valence-electron chi connectivity index (χ0n) is 13.6. The van der Waals surface area contributed by atoms with Crippen LogP contribution in [0.25, 0.3) is 0 Å². The lowest BCUT2D eigenvalue weighted by atomic mass is 10.1. The van der Waals surface area contributed by atoms with E-state index in [1.165, 1.54) is 0 Å². The number of nitrogens with one attached hydrogen (secondary N) is 2. The highest BCUT2D eigenvalue weighted by atomic mass is 35.5. The summed E-state index contributed by atoms with van der Waals surface area (Å²) < 4.78 is 16.0. The standard InChI is InChI=1S/C16H24N2O4.ClH/c1-20-13-9-14(21-2)11-15(10-13)22-7-6-18-16(19)8-12-4-3-5-17-12;/h9-12,17H,3-8H2,1-2H3,(H,18,19);1H. The van der Waals surface area contributed by atoms with Gasteiger partial charge in [-0.2, -0.15) is 0 Å². The summed E-state index contributed by atoms with van der Waals surface area (Å²) in [6.45, 7) is 1.89. The van der Waals surface area contributed by atoms with Crippen LogP contribution in [0.5, 0.6) is 17.2 Å². The first-order valence-corrected chi connectivity index (χ1v) is 7.57. The van der Waals surface area contributed by atoms with Gasteiger partial charge < -0.3 is 24.8 Å². The summed E-state index contributed by atoms with van der Waals surface area (Å²) in [7, 11) is 3.19. The summed E-state index contributed by atoms with van der Waals surface area (Å²) in [6.07, 6.45) is 2.76. The van der Waals surface area contributed by atoms with Gasteiger partial charge >= 0.3 is 0 Å². The highest BCUT2D eigenvalue weighted by Crippen LogP contribution is 2.27. The average Bonchev–Trinajstić information content (AvgIpc) is 3.04. The average molecular weight is 345 g/mol. The van der Waals surface area contributed by atoms with Crippen molar-refractivity contribution in [2.45, 2.75) is 25.3 Å². The Morgan fingerprint density at radius 3 is 2.43 bits per heavy atom. The predicted molar refractivity (Wildman–Crippen MR) is 90.9 cm³/mol. The Morgan fingerprint density at radius 2 is 1.87 bits per heavy atom. The number of carbonyl (C=O) groups excluding carboxylic acids is 1. The van der Waals surface area contributed by atoms with E-state index >= 15 is 0 Å². The molecule has 0 radical (unpaired) electrons. The smallest absolute Gasteiger partial charge is 0.221 e. The summed E-state index contributed by atoms with van der Waals surface area (Å²) in [5.74, 6) is 2.06. The van der Waals surface area contributed by atoms with Crippen LogP contribution in [0.4, 0.5) is 0 Å². The second-order valence-corrected chi connectivity index (χ2v) is 5.24. The largest absolute Gasteiger partial charge is 0.496 e. The molecule has 2 rings (SSSR count). The minimum absolute atomic E-state index is 0. The molecule has 1 aromatic rings. The second kappa shape index (κ2) is 10.2. The molecule has 7 heteroatoms. The SMILES string of the molecule is COc1cc(OC)cc(OCCNC(=O)CC2CCCN2)c1.Cl. The lowest BCUT2D eigenvalue weighted by Crippen LogP contribution is -2.33. The molecule has 1 atom stereocenters. The first-order valence-electron chi connectivity index (χ1n) is 7.57. The van der Waals surface area contributed by atoms with Gasteiger partial charge in [0.15, 0.2) is 0 Å². The molecular weight excluding hydrogens is 320 g/mol. The van der Waals surface area contributed by atoms with Crippen LogP contribution in [-0.2, 0) is 4.79 Å². The lowest BCUT2D eigenvalue weighted by Gasteiger charge is -2.12. The van der Waals surface area contributed by atoms with Crippen LogP contribution in [0, 0.1) is 0 Å². The molecule has 1 aliphatic heterocycles. The Hall–Kier alpha value is -1.66. The topological polar surface area (TPSA) is 68.8 Å². The van der Waals surface area contributed by atoms with E-state index < -0.39 is 0 Å². The van der Waals surface area contributed by atoms with Crippen molar-refractivity contribution >= 4 is 18.3 Å². The monoisotopic (exact) mass is 344 g/mol. The number of carbonyl (C=O) groups is 1. The van der Waals surface area contributed by atoms with Crippen LogP contribution >= 0.6 is 12.4 Å². The van der Waals surface area contributed by atoms with Crippen molar-refractivity contribution in [2.24, 2.45) is 0 Å². The van der Waals surface area contributed by atoms with Crippen molar-refractivity contribution in [1.29, 1.82) is 0 Å². The summed E-state index contributed by atoms with van der Waals surface area (Å²) >= 11 is 0. The van der Waals surface area contributed by atoms with E-state index in [0.29, 0.717) is 42.9 Å². The van der Waals surface area contributed by atoms with Crippen molar-refractivity contribution in [3.05, 3.63) is 18.2 Å². The Morgan fingerprint density at radius 1 is 1.22 bits per heavy atom. The number of halogens is 1. The number of ether oxygens (including phenoxy) is 3. The fourth-order valence-electron chi connectivity index (χ4n) is 2.45. The zero-order chi connectivity index (χ0) is 15.8. The number of rotatable bonds is 8. The third-order valence-corrected chi connectivity index (χ3v) is 3.61. The van der Waals surface area contributed by atoms with Crippen molar-refractivity contribution in [3.8, 4) is 17.2 Å². The lowest BCUT2D eigenvalue weighted by molar-refractivity contribution is -0.121. The van der Waals surface area contributed by atoms with E-state index in [-0.39, 0.29) is 18.3 Å². The van der Waals surface area contributed by atoms with E-state index in [1.807, 2.05) is 0 Å². The molecule has 0 aromatic heterocycles. The fraction of sp³-hybridized carbons (Fsp3) is 0.562. The summed E-state index contributed by atoms with van der Waals surface area (Å²) in [4.78, 5) is 11.8. The van der Waals surface area contributed by atoms with Gasteiger partial charge in [0.25, 0.3) is 0 Å². The van der Waals surface area contributed by atoms with Crippen LogP contribution in [0.15, 0.2) is 18.2 Å². The summed E-state index contributed by atoms with van der Waals surface area (Å²) in [6, 6.07) is 5.67. The van der Waals surface area contributed by atoms with Gasteiger partial charge in [0, 0.05) is 30.7 Å². The van der Waals surface area contributed by atoms with Gasteiger partial charge in [-0.05, 0) is 19.4 Å². The van der Waals surface area contributed by atoms with Crippen molar-refractivity contribution in [1.82, 2.24) is 10.6 Å². The number of hydrogen-bond acceptors (Lipinski definition) is 5. The molecule has 0 aliphatic carbocycles. The molecule has 1 fully saturated rings.